The zero-order chi connectivity index (χ0) is 18.3. The first-order chi connectivity index (χ1) is 12.5. The number of para-hydroxylation sites is 1. The Morgan fingerprint density at radius 1 is 0.962 bits per heavy atom. The number of halogens is 1. The molecule has 0 aliphatic rings. The summed E-state index contributed by atoms with van der Waals surface area (Å²) in [4.78, 5) is 24.4. The Bertz CT molecular complexity index is 1140. The molecule has 0 atom stereocenters. The molecule has 26 heavy (non-hydrogen) atoms. The minimum Gasteiger partial charge on any atom is -0.477 e. The molecule has 0 saturated heterocycles. The summed E-state index contributed by atoms with van der Waals surface area (Å²) in [6.07, 6.45) is 1.76. The van der Waals surface area contributed by atoms with Gasteiger partial charge in [-0.2, -0.15) is 0 Å². The van der Waals surface area contributed by atoms with Crippen molar-refractivity contribution in [2.24, 2.45) is 0 Å². The van der Waals surface area contributed by atoms with Crippen molar-refractivity contribution in [1.82, 2.24) is 4.57 Å². The Hall–Kier alpha value is -2.89. The summed E-state index contributed by atoms with van der Waals surface area (Å²) in [6.45, 7) is 0. The first-order valence-corrected chi connectivity index (χ1v) is 8.98. The third-order valence-electron chi connectivity index (χ3n) is 4.10. The Morgan fingerprint density at radius 3 is 2.38 bits per heavy atom. The van der Waals surface area contributed by atoms with E-state index in [9.17, 15) is 9.59 Å². The van der Waals surface area contributed by atoms with Crippen molar-refractivity contribution in [2.75, 3.05) is 0 Å². The van der Waals surface area contributed by atoms with Crippen molar-refractivity contribution in [3.8, 4) is 5.00 Å². The maximum Gasteiger partial charge on any atom is 0.345 e. The molecule has 4 rings (SSSR count). The van der Waals surface area contributed by atoms with Crippen LogP contribution in [0.1, 0.15) is 25.6 Å². The van der Waals surface area contributed by atoms with Crippen molar-refractivity contribution >= 4 is 45.6 Å². The van der Waals surface area contributed by atoms with Crippen LogP contribution >= 0.6 is 22.9 Å². The number of hydrogen-bond donors (Lipinski definition) is 1. The van der Waals surface area contributed by atoms with E-state index in [2.05, 4.69) is 0 Å². The molecule has 0 aliphatic carbocycles. The SMILES string of the molecule is O=C(O)c1ccc(-n2cc(C(=O)c3ccc(Cl)cc3)c3ccccc32)s1. The summed E-state index contributed by atoms with van der Waals surface area (Å²) in [5, 5.41) is 11.3. The van der Waals surface area contributed by atoms with Crippen LogP contribution < -0.4 is 0 Å². The van der Waals surface area contributed by atoms with Gasteiger partial charge in [0.1, 0.15) is 9.88 Å². The Morgan fingerprint density at radius 2 is 1.69 bits per heavy atom. The number of nitrogens with zero attached hydrogens (tertiary/aromatic N) is 1. The normalized spacial score (nSPS) is 11.0. The summed E-state index contributed by atoms with van der Waals surface area (Å²) in [5.41, 5.74) is 1.96. The number of carbonyl (C=O) groups is 2. The molecule has 0 saturated carbocycles. The molecule has 0 amide bonds. The minimum atomic E-state index is -0.963. The van der Waals surface area contributed by atoms with E-state index < -0.39 is 5.97 Å². The first-order valence-electron chi connectivity index (χ1n) is 7.78. The smallest absolute Gasteiger partial charge is 0.345 e. The van der Waals surface area contributed by atoms with Crippen molar-refractivity contribution in [3.63, 3.8) is 0 Å². The van der Waals surface area contributed by atoms with Gasteiger partial charge in [-0.05, 0) is 42.5 Å². The van der Waals surface area contributed by atoms with Gasteiger partial charge in [0.05, 0.1) is 5.52 Å². The molecule has 0 unspecified atom stereocenters. The predicted molar refractivity (Wildman–Crippen MR) is 103 cm³/mol. The zero-order valence-corrected chi connectivity index (χ0v) is 14.9. The molecule has 2 aromatic carbocycles. The number of carbonyl (C=O) groups excluding carboxylic acids is 1. The van der Waals surface area contributed by atoms with Gasteiger partial charge in [0.15, 0.2) is 5.78 Å². The van der Waals surface area contributed by atoms with E-state index in [1.807, 2.05) is 28.8 Å². The summed E-state index contributed by atoms with van der Waals surface area (Å²) >= 11 is 7.07. The highest BCUT2D eigenvalue weighted by Gasteiger charge is 2.18. The quantitative estimate of drug-likeness (QED) is 0.489. The van der Waals surface area contributed by atoms with Crippen LogP contribution in [0.3, 0.4) is 0 Å². The lowest BCUT2D eigenvalue weighted by Gasteiger charge is -2.00. The largest absolute Gasteiger partial charge is 0.477 e. The van der Waals surface area contributed by atoms with Gasteiger partial charge in [-0.1, -0.05) is 29.8 Å². The molecule has 6 heteroatoms. The number of ketones is 1. The molecule has 128 valence electrons. The topological polar surface area (TPSA) is 59.3 Å². The average Bonchev–Trinajstić information content (AvgIpc) is 3.27. The van der Waals surface area contributed by atoms with E-state index in [4.69, 9.17) is 16.7 Å². The molecule has 1 N–H and O–H groups in total. The van der Waals surface area contributed by atoms with Gasteiger partial charge >= 0.3 is 5.97 Å². The van der Waals surface area contributed by atoms with Gasteiger partial charge in [-0.15, -0.1) is 11.3 Å². The summed E-state index contributed by atoms with van der Waals surface area (Å²) in [7, 11) is 0. The van der Waals surface area contributed by atoms with E-state index >= 15 is 0 Å². The third kappa shape index (κ3) is 2.81. The summed E-state index contributed by atoms with van der Waals surface area (Å²) in [6, 6.07) is 17.7. The highest BCUT2D eigenvalue weighted by atomic mass is 35.5. The molecule has 2 heterocycles. The van der Waals surface area contributed by atoms with E-state index in [-0.39, 0.29) is 10.7 Å². The highest BCUT2D eigenvalue weighted by Crippen LogP contribution is 2.30. The van der Waals surface area contributed by atoms with Gasteiger partial charge in [0, 0.05) is 27.7 Å². The second-order valence-corrected chi connectivity index (χ2v) is 7.21. The van der Waals surface area contributed by atoms with E-state index in [0.29, 0.717) is 16.1 Å². The van der Waals surface area contributed by atoms with Crippen molar-refractivity contribution < 1.29 is 14.7 Å². The van der Waals surface area contributed by atoms with Gasteiger partial charge in [0.2, 0.25) is 0 Å². The van der Waals surface area contributed by atoms with Gasteiger partial charge in [-0.25, -0.2) is 4.79 Å². The van der Waals surface area contributed by atoms with Gasteiger partial charge in [0.25, 0.3) is 0 Å². The van der Waals surface area contributed by atoms with Crippen molar-refractivity contribution in [2.45, 2.75) is 0 Å². The summed E-state index contributed by atoms with van der Waals surface area (Å²) < 4.78 is 1.86. The fraction of sp³-hybridized carbons (Fsp3) is 0. The van der Waals surface area contributed by atoms with Crippen LogP contribution in [0.5, 0.6) is 0 Å². The van der Waals surface area contributed by atoms with E-state index in [1.165, 1.54) is 11.3 Å². The number of aromatic nitrogens is 1. The van der Waals surface area contributed by atoms with Crippen LogP contribution in [0.25, 0.3) is 15.9 Å². The molecular formula is C20H12ClNO3S. The number of carboxylic acids is 1. The number of benzene rings is 2. The predicted octanol–water partition coefficient (Wildman–Crippen LogP) is 5.27. The van der Waals surface area contributed by atoms with Crippen LogP contribution in [0.4, 0.5) is 0 Å². The monoisotopic (exact) mass is 381 g/mol. The van der Waals surface area contributed by atoms with Crippen molar-refractivity contribution in [3.05, 3.63) is 87.9 Å². The molecule has 0 fully saturated rings. The lowest BCUT2D eigenvalue weighted by molar-refractivity contribution is 0.0702. The van der Waals surface area contributed by atoms with Crippen LogP contribution in [-0.4, -0.2) is 21.4 Å². The molecular weight excluding hydrogens is 370 g/mol. The fourth-order valence-electron chi connectivity index (χ4n) is 2.87. The molecule has 0 spiro atoms. The molecule has 0 aliphatic heterocycles. The Kier molecular flexibility index (Phi) is 4.11. The number of carboxylic acid groups (broad SMARTS) is 1. The number of thiophene rings is 1. The lowest BCUT2D eigenvalue weighted by atomic mass is 10.0. The van der Waals surface area contributed by atoms with Gasteiger partial charge < -0.3 is 9.67 Å². The van der Waals surface area contributed by atoms with E-state index in [1.54, 1.807) is 42.6 Å². The van der Waals surface area contributed by atoms with E-state index in [0.717, 1.165) is 15.9 Å². The highest BCUT2D eigenvalue weighted by molar-refractivity contribution is 7.16. The van der Waals surface area contributed by atoms with Crippen LogP contribution in [0.15, 0.2) is 66.9 Å². The van der Waals surface area contributed by atoms with Crippen LogP contribution in [-0.2, 0) is 0 Å². The Balaban J connectivity index is 1.87. The lowest BCUT2D eigenvalue weighted by Crippen LogP contribution is -2.00. The number of fused-ring (bicyclic) bond motifs is 1. The Labute approximate surface area is 157 Å². The minimum absolute atomic E-state index is 0.105. The first kappa shape index (κ1) is 16.6. The zero-order valence-electron chi connectivity index (χ0n) is 13.3. The molecule has 4 nitrogen and oxygen atoms in total. The number of aromatic carboxylic acids is 1. The molecule has 0 bridgehead atoms. The second-order valence-electron chi connectivity index (χ2n) is 5.71. The molecule has 2 aromatic heterocycles. The summed E-state index contributed by atoms with van der Waals surface area (Å²) in [5.74, 6) is -1.07. The standard InChI is InChI=1S/C20H12ClNO3S/c21-13-7-5-12(6-8-13)19(23)15-11-22(16-4-2-1-3-14(15)16)18-10-9-17(26-18)20(24)25/h1-11H,(H,24,25). The maximum atomic E-state index is 13.0. The van der Waals surface area contributed by atoms with Crippen LogP contribution in [0.2, 0.25) is 5.02 Å². The molecule has 4 aromatic rings. The third-order valence-corrected chi connectivity index (χ3v) is 5.43. The number of rotatable bonds is 4. The van der Waals surface area contributed by atoms with Crippen LogP contribution in [0, 0.1) is 0 Å². The maximum absolute atomic E-state index is 13.0. The second kappa shape index (κ2) is 6.44. The molecule has 0 radical (unpaired) electrons. The van der Waals surface area contributed by atoms with Gasteiger partial charge in [-0.3, -0.25) is 4.79 Å². The number of hydrogen-bond acceptors (Lipinski definition) is 3. The van der Waals surface area contributed by atoms with Crippen molar-refractivity contribution in [1.29, 1.82) is 0 Å². The fourth-order valence-corrected chi connectivity index (χ4v) is 3.83. The average molecular weight is 382 g/mol.